The molecule has 0 aliphatic rings. The first-order valence-electron chi connectivity index (χ1n) is 7.95. The monoisotopic (exact) mass is 401 g/mol. The number of sulfone groups is 1. The Kier molecular flexibility index (Phi) is 6.61. The highest BCUT2D eigenvalue weighted by Gasteiger charge is 2.29. The minimum absolute atomic E-state index is 0.0177. The summed E-state index contributed by atoms with van der Waals surface area (Å²) in [7, 11) is -3.68. The minimum atomic E-state index is -4.40. The van der Waals surface area contributed by atoms with Gasteiger partial charge in [0.2, 0.25) is 5.91 Å². The summed E-state index contributed by atoms with van der Waals surface area (Å²) >= 11 is 0. The molecule has 1 amide bonds. The molecule has 0 unspecified atom stereocenters. The molecule has 0 fully saturated rings. The largest absolute Gasteiger partial charge is 0.416 e. The summed E-state index contributed by atoms with van der Waals surface area (Å²) in [6, 6.07) is 11.0. The van der Waals surface area contributed by atoms with Gasteiger partial charge in [-0.15, -0.1) is 0 Å². The predicted octanol–water partition coefficient (Wildman–Crippen LogP) is 2.40. The highest BCUT2D eigenvalue weighted by molar-refractivity contribution is 7.91. The lowest BCUT2D eigenvalue weighted by molar-refractivity contribution is -0.137. The number of aliphatic hydroxyl groups is 1. The number of nitrogens with one attached hydrogen (secondary N) is 1. The van der Waals surface area contributed by atoms with Crippen LogP contribution in [0.15, 0.2) is 48.5 Å². The van der Waals surface area contributed by atoms with Gasteiger partial charge in [0.25, 0.3) is 0 Å². The number of rotatable bonds is 7. The molecule has 0 saturated heterocycles. The third-order valence-electron chi connectivity index (χ3n) is 3.67. The van der Waals surface area contributed by atoms with Gasteiger partial charge in [0.1, 0.15) is 5.75 Å². The van der Waals surface area contributed by atoms with Gasteiger partial charge in [-0.3, -0.25) is 4.79 Å². The zero-order valence-electron chi connectivity index (χ0n) is 14.2. The quantitative estimate of drug-likeness (QED) is 0.746. The van der Waals surface area contributed by atoms with Crippen molar-refractivity contribution in [3.63, 3.8) is 0 Å². The maximum Gasteiger partial charge on any atom is 0.416 e. The maximum absolute atomic E-state index is 12.6. The number of amides is 1. The van der Waals surface area contributed by atoms with Gasteiger partial charge < -0.3 is 10.4 Å². The van der Waals surface area contributed by atoms with Crippen LogP contribution in [-0.4, -0.2) is 38.3 Å². The van der Waals surface area contributed by atoms with E-state index in [1.54, 1.807) is 24.3 Å². The topological polar surface area (TPSA) is 83.5 Å². The molecule has 0 aromatic heterocycles. The van der Waals surface area contributed by atoms with Crippen LogP contribution < -0.4 is 5.32 Å². The van der Waals surface area contributed by atoms with Crippen molar-refractivity contribution in [1.29, 1.82) is 0 Å². The van der Waals surface area contributed by atoms with E-state index in [1.165, 1.54) is 12.1 Å². The summed E-state index contributed by atoms with van der Waals surface area (Å²) < 4.78 is 61.8. The van der Waals surface area contributed by atoms with Gasteiger partial charge in [-0.1, -0.05) is 36.4 Å². The van der Waals surface area contributed by atoms with Crippen molar-refractivity contribution in [2.75, 3.05) is 18.9 Å². The first-order valence-corrected chi connectivity index (χ1v) is 9.77. The molecular weight excluding hydrogens is 383 g/mol. The fourth-order valence-corrected chi connectivity index (χ4v) is 3.70. The molecule has 27 heavy (non-hydrogen) atoms. The normalized spacial score (nSPS) is 12.0. The number of hydrogen-bond donors (Lipinski definition) is 2. The number of carbonyl (C=O) groups excluding carboxylic acids is 1. The first-order chi connectivity index (χ1) is 12.6. The van der Waals surface area contributed by atoms with Gasteiger partial charge >= 0.3 is 6.18 Å². The van der Waals surface area contributed by atoms with Crippen molar-refractivity contribution in [3.8, 4) is 11.1 Å². The smallest absolute Gasteiger partial charge is 0.395 e. The molecule has 0 radical (unpaired) electrons. The zero-order chi connectivity index (χ0) is 20.1. The van der Waals surface area contributed by atoms with Crippen molar-refractivity contribution < 1.29 is 31.5 Å². The van der Waals surface area contributed by atoms with Crippen molar-refractivity contribution in [3.05, 3.63) is 59.7 Å². The third-order valence-corrected chi connectivity index (χ3v) is 5.15. The van der Waals surface area contributed by atoms with E-state index in [4.69, 9.17) is 5.11 Å². The van der Waals surface area contributed by atoms with E-state index in [-0.39, 0.29) is 18.9 Å². The Morgan fingerprint density at radius 1 is 0.963 bits per heavy atom. The Morgan fingerprint density at radius 3 is 1.96 bits per heavy atom. The SMILES string of the molecule is O=C(CS(=O)(=O)Cc1ccc(-c2ccc(C(F)(F)F)cc2)cc1)NCCO. The van der Waals surface area contributed by atoms with Crippen molar-refractivity contribution in [2.45, 2.75) is 11.9 Å². The average Bonchev–Trinajstić information content (AvgIpc) is 2.59. The summed E-state index contributed by atoms with van der Waals surface area (Å²) in [6.45, 7) is -0.298. The van der Waals surface area contributed by atoms with Gasteiger partial charge in [0, 0.05) is 6.54 Å². The van der Waals surface area contributed by atoms with E-state index in [2.05, 4.69) is 5.32 Å². The van der Waals surface area contributed by atoms with Gasteiger partial charge in [-0.05, 0) is 28.8 Å². The van der Waals surface area contributed by atoms with E-state index in [9.17, 15) is 26.4 Å². The summed E-state index contributed by atoms with van der Waals surface area (Å²) in [5.41, 5.74) is 0.931. The molecule has 0 aliphatic carbocycles. The fourth-order valence-electron chi connectivity index (χ4n) is 2.40. The second-order valence-electron chi connectivity index (χ2n) is 5.88. The van der Waals surface area contributed by atoms with Crippen molar-refractivity contribution >= 4 is 15.7 Å². The summed E-state index contributed by atoms with van der Waals surface area (Å²) in [5.74, 6) is -1.72. The predicted molar refractivity (Wildman–Crippen MR) is 94.5 cm³/mol. The van der Waals surface area contributed by atoms with Crippen LogP contribution in [0.3, 0.4) is 0 Å². The maximum atomic E-state index is 12.6. The first kappa shape index (κ1) is 20.9. The lowest BCUT2D eigenvalue weighted by Crippen LogP contribution is -2.32. The molecule has 146 valence electrons. The lowest BCUT2D eigenvalue weighted by Gasteiger charge is -2.09. The second kappa shape index (κ2) is 8.53. The van der Waals surface area contributed by atoms with E-state index in [0.717, 1.165) is 12.1 Å². The molecule has 0 atom stereocenters. The third kappa shape index (κ3) is 6.37. The van der Waals surface area contributed by atoms with Gasteiger partial charge in [-0.25, -0.2) is 8.42 Å². The van der Waals surface area contributed by atoms with Gasteiger partial charge in [0.05, 0.1) is 17.9 Å². The Hall–Kier alpha value is -2.39. The van der Waals surface area contributed by atoms with E-state index < -0.39 is 33.2 Å². The average molecular weight is 401 g/mol. The van der Waals surface area contributed by atoms with Crippen molar-refractivity contribution in [2.24, 2.45) is 0 Å². The molecule has 0 heterocycles. The number of aliphatic hydroxyl groups excluding tert-OH is 1. The summed E-state index contributed by atoms with van der Waals surface area (Å²) in [6.07, 6.45) is -4.40. The van der Waals surface area contributed by atoms with Gasteiger partial charge in [0.15, 0.2) is 9.84 Å². The standard InChI is InChI=1S/C18H18F3NO4S/c19-18(20,21)16-7-5-15(6-8-16)14-3-1-13(2-4-14)11-27(25,26)12-17(24)22-9-10-23/h1-8,23H,9-12H2,(H,22,24). The lowest BCUT2D eigenvalue weighted by atomic mass is 10.0. The number of benzene rings is 2. The molecule has 5 nitrogen and oxygen atoms in total. The van der Waals surface area contributed by atoms with Crippen LogP contribution in [0.1, 0.15) is 11.1 Å². The number of alkyl halides is 3. The van der Waals surface area contributed by atoms with Crippen LogP contribution in [0.2, 0.25) is 0 Å². The summed E-state index contributed by atoms with van der Waals surface area (Å²) in [5, 5.41) is 10.9. The molecule has 0 saturated carbocycles. The second-order valence-corrected chi connectivity index (χ2v) is 7.94. The van der Waals surface area contributed by atoms with E-state index in [0.29, 0.717) is 16.7 Å². The van der Waals surface area contributed by atoms with Gasteiger partial charge in [-0.2, -0.15) is 13.2 Å². The summed E-state index contributed by atoms with van der Waals surface area (Å²) in [4.78, 5) is 11.5. The fraction of sp³-hybridized carbons (Fsp3) is 0.278. The van der Waals surface area contributed by atoms with Crippen LogP contribution in [0.25, 0.3) is 11.1 Å². The van der Waals surface area contributed by atoms with E-state index in [1.807, 2.05) is 0 Å². The van der Waals surface area contributed by atoms with Crippen LogP contribution in [-0.2, 0) is 26.6 Å². The molecule has 2 aromatic carbocycles. The molecule has 0 aliphatic heterocycles. The molecule has 2 N–H and O–H groups in total. The highest BCUT2D eigenvalue weighted by Crippen LogP contribution is 2.31. The number of carbonyl (C=O) groups is 1. The molecule has 2 rings (SSSR count). The molecule has 2 aromatic rings. The van der Waals surface area contributed by atoms with Crippen LogP contribution in [0.5, 0.6) is 0 Å². The molecular formula is C18H18F3NO4S. The van der Waals surface area contributed by atoms with Crippen molar-refractivity contribution in [1.82, 2.24) is 5.32 Å². The Morgan fingerprint density at radius 2 is 1.48 bits per heavy atom. The van der Waals surface area contributed by atoms with E-state index >= 15 is 0 Å². The highest BCUT2D eigenvalue weighted by atomic mass is 32.2. The number of hydrogen-bond acceptors (Lipinski definition) is 4. The Labute approximate surface area is 154 Å². The van der Waals surface area contributed by atoms with Crippen LogP contribution in [0.4, 0.5) is 13.2 Å². The molecule has 0 bridgehead atoms. The minimum Gasteiger partial charge on any atom is -0.395 e. The Bertz CT molecular complexity index is 876. The van der Waals surface area contributed by atoms with Crippen LogP contribution >= 0.6 is 0 Å². The zero-order valence-corrected chi connectivity index (χ0v) is 15.0. The molecule has 9 heteroatoms. The van der Waals surface area contributed by atoms with Crippen LogP contribution in [0, 0.1) is 0 Å². The number of halogens is 3. The Balaban J connectivity index is 2.05. The molecule has 0 spiro atoms.